The highest BCUT2D eigenvalue weighted by Gasteiger charge is 2.27. The molecule has 1 saturated heterocycles. The molecule has 118 valence electrons. The van der Waals surface area contributed by atoms with Gasteiger partial charge in [-0.2, -0.15) is 0 Å². The number of likely N-dealkylation sites (tertiary alicyclic amines) is 1. The van der Waals surface area contributed by atoms with Gasteiger partial charge >= 0.3 is 0 Å². The van der Waals surface area contributed by atoms with Gasteiger partial charge in [0.1, 0.15) is 0 Å². The average molecular weight is 288 g/mol. The quantitative estimate of drug-likeness (QED) is 0.850. The van der Waals surface area contributed by atoms with Crippen LogP contribution in [0.4, 0.5) is 0 Å². The Hall–Kier alpha value is -0.860. The molecule has 21 heavy (non-hydrogen) atoms. The van der Waals surface area contributed by atoms with Crippen LogP contribution in [0.2, 0.25) is 0 Å². The van der Waals surface area contributed by atoms with E-state index in [2.05, 4.69) is 62.2 Å². The van der Waals surface area contributed by atoms with Crippen LogP contribution in [0.15, 0.2) is 24.3 Å². The highest BCUT2D eigenvalue weighted by atomic mass is 15.2. The maximum Gasteiger partial charge on any atom is 0.0449 e. The second-order valence-corrected chi connectivity index (χ2v) is 7.21. The van der Waals surface area contributed by atoms with Gasteiger partial charge < -0.3 is 10.2 Å². The van der Waals surface area contributed by atoms with Gasteiger partial charge in [0.25, 0.3) is 0 Å². The number of likely N-dealkylation sites (N-methyl/N-ethyl adjacent to an activating group) is 1. The average Bonchev–Trinajstić information content (AvgIpc) is 2.46. The third-order valence-corrected chi connectivity index (χ3v) is 4.66. The lowest BCUT2D eigenvalue weighted by molar-refractivity contribution is 0.108. The van der Waals surface area contributed by atoms with Crippen molar-refractivity contribution in [3.8, 4) is 0 Å². The number of rotatable bonds is 6. The van der Waals surface area contributed by atoms with Gasteiger partial charge in [-0.25, -0.2) is 0 Å². The molecule has 1 aliphatic rings. The molecule has 1 fully saturated rings. The Morgan fingerprint density at radius 1 is 1.19 bits per heavy atom. The summed E-state index contributed by atoms with van der Waals surface area (Å²) in [6.45, 7) is 13.8. The van der Waals surface area contributed by atoms with Crippen LogP contribution in [0, 0.1) is 5.41 Å². The Bertz CT molecular complexity index is 422. The summed E-state index contributed by atoms with van der Waals surface area (Å²) in [4.78, 5) is 2.64. The number of hydrogen-bond acceptors (Lipinski definition) is 2. The zero-order chi connectivity index (χ0) is 15.3. The van der Waals surface area contributed by atoms with E-state index in [1.54, 1.807) is 0 Å². The summed E-state index contributed by atoms with van der Waals surface area (Å²) < 4.78 is 0. The summed E-state index contributed by atoms with van der Waals surface area (Å²) in [6, 6.07) is 9.62. The Morgan fingerprint density at radius 3 is 2.48 bits per heavy atom. The van der Waals surface area contributed by atoms with E-state index in [-0.39, 0.29) is 0 Å². The largest absolute Gasteiger partial charge is 0.309 e. The Morgan fingerprint density at radius 2 is 1.90 bits per heavy atom. The summed E-state index contributed by atoms with van der Waals surface area (Å²) >= 11 is 0. The fraction of sp³-hybridized carbons (Fsp3) is 0.684. The second-order valence-electron chi connectivity index (χ2n) is 7.21. The first-order valence-electron chi connectivity index (χ1n) is 8.58. The van der Waals surface area contributed by atoms with E-state index in [0.29, 0.717) is 11.5 Å². The van der Waals surface area contributed by atoms with Crippen LogP contribution >= 0.6 is 0 Å². The first-order valence-corrected chi connectivity index (χ1v) is 8.58. The number of nitrogens with zero attached hydrogens (tertiary/aromatic N) is 1. The molecule has 2 heteroatoms. The van der Waals surface area contributed by atoms with Gasteiger partial charge in [-0.3, -0.25) is 0 Å². The monoisotopic (exact) mass is 288 g/mol. The zero-order valence-electron chi connectivity index (χ0n) is 14.3. The summed E-state index contributed by atoms with van der Waals surface area (Å²) in [5.41, 5.74) is 3.33. The molecule has 1 heterocycles. The summed E-state index contributed by atoms with van der Waals surface area (Å²) in [6.07, 6.45) is 3.81. The molecule has 0 aliphatic carbocycles. The van der Waals surface area contributed by atoms with E-state index in [9.17, 15) is 0 Å². The van der Waals surface area contributed by atoms with E-state index < -0.39 is 0 Å². The van der Waals surface area contributed by atoms with Crippen LogP contribution in [-0.4, -0.2) is 31.1 Å². The van der Waals surface area contributed by atoms with Crippen molar-refractivity contribution in [2.24, 2.45) is 5.41 Å². The number of nitrogens with one attached hydrogen (secondary N) is 1. The molecule has 1 aromatic carbocycles. The molecule has 1 atom stereocenters. The van der Waals surface area contributed by atoms with Crippen molar-refractivity contribution in [1.82, 2.24) is 10.2 Å². The summed E-state index contributed by atoms with van der Waals surface area (Å²) in [5.74, 6) is 0. The van der Waals surface area contributed by atoms with Crippen molar-refractivity contribution in [3.05, 3.63) is 35.4 Å². The van der Waals surface area contributed by atoms with Gasteiger partial charge in [0.05, 0.1) is 0 Å². The molecule has 0 radical (unpaired) electrons. The maximum atomic E-state index is 3.67. The normalized spacial score (nSPS) is 20.4. The van der Waals surface area contributed by atoms with Gasteiger partial charge in [-0.15, -0.1) is 0 Å². The van der Waals surface area contributed by atoms with E-state index in [1.165, 1.54) is 37.1 Å². The van der Waals surface area contributed by atoms with Crippen LogP contribution < -0.4 is 5.32 Å². The van der Waals surface area contributed by atoms with Gasteiger partial charge in [0.15, 0.2) is 0 Å². The molecule has 1 aromatic rings. The first-order chi connectivity index (χ1) is 10.0. The molecule has 0 spiro atoms. The fourth-order valence-electron chi connectivity index (χ4n) is 3.48. The molecule has 0 saturated carbocycles. The molecule has 2 rings (SSSR count). The molecule has 1 aliphatic heterocycles. The Balaban J connectivity index is 2.04. The molecular weight excluding hydrogens is 256 g/mol. The summed E-state index contributed by atoms with van der Waals surface area (Å²) in [7, 11) is 0. The lowest BCUT2D eigenvalue weighted by atomic mass is 9.84. The topological polar surface area (TPSA) is 15.3 Å². The molecule has 2 nitrogen and oxygen atoms in total. The van der Waals surface area contributed by atoms with Gasteiger partial charge in [0, 0.05) is 19.1 Å². The molecule has 1 N–H and O–H groups in total. The highest BCUT2D eigenvalue weighted by Crippen LogP contribution is 2.29. The summed E-state index contributed by atoms with van der Waals surface area (Å²) in [5, 5.41) is 3.67. The van der Waals surface area contributed by atoms with E-state index in [4.69, 9.17) is 0 Å². The Labute approximate surface area is 130 Å². The van der Waals surface area contributed by atoms with Crippen molar-refractivity contribution in [3.63, 3.8) is 0 Å². The van der Waals surface area contributed by atoms with Crippen LogP contribution in [0.25, 0.3) is 0 Å². The van der Waals surface area contributed by atoms with Gasteiger partial charge in [-0.05, 0) is 48.9 Å². The van der Waals surface area contributed by atoms with Crippen LogP contribution in [0.1, 0.15) is 57.7 Å². The van der Waals surface area contributed by atoms with E-state index >= 15 is 0 Å². The highest BCUT2D eigenvalue weighted by molar-refractivity contribution is 5.25. The molecule has 0 amide bonds. The van der Waals surface area contributed by atoms with Crippen LogP contribution in [0.3, 0.4) is 0 Å². The maximum absolute atomic E-state index is 3.67. The predicted molar refractivity (Wildman–Crippen MR) is 91.7 cm³/mol. The van der Waals surface area contributed by atoms with Gasteiger partial charge in [-0.1, -0.05) is 52.0 Å². The Kier molecular flexibility index (Phi) is 5.83. The molecular formula is C19H32N2. The van der Waals surface area contributed by atoms with Crippen LogP contribution in [0.5, 0.6) is 0 Å². The van der Waals surface area contributed by atoms with E-state index in [0.717, 1.165) is 19.5 Å². The first kappa shape index (κ1) is 16.5. The zero-order valence-corrected chi connectivity index (χ0v) is 14.3. The molecule has 1 unspecified atom stereocenters. The minimum Gasteiger partial charge on any atom is -0.309 e. The SMILES string of the molecule is CCNC(CN1CCCC(C)(C)C1)c1ccc(CC)cc1. The lowest BCUT2D eigenvalue weighted by Crippen LogP contribution is -2.44. The third-order valence-electron chi connectivity index (χ3n) is 4.66. The lowest BCUT2D eigenvalue weighted by Gasteiger charge is -2.39. The standard InChI is InChI=1S/C19H32N2/c1-5-16-8-10-17(11-9-16)18(20-6-2)14-21-13-7-12-19(3,4)15-21/h8-11,18,20H,5-7,12-15H2,1-4H3. The fourth-order valence-corrected chi connectivity index (χ4v) is 3.48. The minimum atomic E-state index is 0.454. The van der Waals surface area contributed by atoms with E-state index in [1.807, 2.05) is 0 Å². The van der Waals surface area contributed by atoms with Crippen molar-refractivity contribution in [2.75, 3.05) is 26.2 Å². The number of hydrogen-bond donors (Lipinski definition) is 1. The number of piperidine rings is 1. The molecule has 0 bridgehead atoms. The van der Waals surface area contributed by atoms with Gasteiger partial charge in [0.2, 0.25) is 0 Å². The van der Waals surface area contributed by atoms with Crippen LogP contribution in [-0.2, 0) is 6.42 Å². The smallest absolute Gasteiger partial charge is 0.0449 e. The second kappa shape index (κ2) is 7.42. The predicted octanol–water partition coefficient (Wildman–Crippen LogP) is 4.02. The van der Waals surface area contributed by atoms with Crippen molar-refractivity contribution in [1.29, 1.82) is 0 Å². The van der Waals surface area contributed by atoms with Crippen molar-refractivity contribution >= 4 is 0 Å². The number of aryl methyl sites for hydroxylation is 1. The molecule has 0 aromatic heterocycles. The third kappa shape index (κ3) is 4.82. The number of benzene rings is 1. The van der Waals surface area contributed by atoms with Crippen molar-refractivity contribution in [2.45, 2.75) is 53.0 Å². The van der Waals surface area contributed by atoms with Crippen molar-refractivity contribution < 1.29 is 0 Å². The minimum absolute atomic E-state index is 0.454.